The molecule has 5 heteroatoms. The fraction of sp³-hybridized carbons (Fsp3) is 0.636. The van der Waals surface area contributed by atoms with Crippen LogP contribution in [-0.4, -0.2) is 24.2 Å². The molecular weight excluding hydrogens is 206 g/mol. The SMILES string of the molecule is Cc1noc(NC(=O)[C@@H]2CNC[C@H]2C)c1C. The van der Waals surface area contributed by atoms with Crippen molar-refractivity contribution < 1.29 is 9.32 Å². The van der Waals surface area contributed by atoms with E-state index >= 15 is 0 Å². The van der Waals surface area contributed by atoms with Crippen LogP contribution in [0, 0.1) is 25.7 Å². The van der Waals surface area contributed by atoms with Gasteiger partial charge in [0.25, 0.3) is 0 Å². The first kappa shape index (κ1) is 11.1. The molecule has 1 amide bonds. The number of aryl methyl sites for hydroxylation is 1. The molecule has 2 rings (SSSR count). The maximum absolute atomic E-state index is 11.9. The highest BCUT2D eigenvalue weighted by atomic mass is 16.5. The third-order valence-electron chi connectivity index (χ3n) is 3.25. The van der Waals surface area contributed by atoms with E-state index in [0.717, 1.165) is 24.3 Å². The highest BCUT2D eigenvalue weighted by molar-refractivity contribution is 5.92. The van der Waals surface area contributed by atoms with Crippen molar-refractivity contribution in [3.05, 3.63) is 11.3 Å². The maximum Gasteiger partial charge on any atom is 0.234 e. The van der Waals surface area contributed by atoms with Crippen molar-refractivity contribution in [3.63, 3.8) is 0 Å². The second-order valence-electron chi connectivity index (χ2n) is 4.45. The van der Waals surface area contributed by atoms with Gasteiger partial charge < -0.3 is 9.84 Å². The molecule has 0 aromatic carbocycles. The molecule has 1 aromatic rings. The van der Waals surface area contributed by atoms with Crippen molar-refractivity contribution in [2.45, 2.75) is 20.8 Å². The van der Waals surface area contributed by atoms with Gasteiger partial charge in [-0.25, -0.2) is 0 Å². The van der Waals surface area contributed by atoms with Gasteiger partial charge in [0.15, 0.2) is 0 Å². The van der Waals surface area contributed by atoms with E-state index in [1.165, 1.54) is 0 Å². The van der Waals surface area contributed by atoms with E-state index in [-0.39, 0.29) is 11.8 Å². The van der Waals surface area contributed by atoms with Gasteiger partial charge in [0.1, 0.15) is 0 Å². The van der Waals surface area contributed by atoms with Crippen LogP contribution in [0.1, 0.15) is 18.2 Å². The lowest BCUT2D eigenvalue weighted by molar-refractivity contribution is -0.120. The molecule has 0 radical (unpaired) electrons. The first-order valence-electron chi connectivity index (χ1n) is 5.54. The fourth-order valence-electron chi connectivity index (χ4n) is 1.90. The predicted octanol–water partition coefficient (Wildman–Crippen LogP) is 1.09. The number of hydrogen-bond acceptors (Lipinski definition) is 4. The largest absolute Gasteiger partial charge is 0.338 e. The van der Waals surface area contributed by atoms with E-state index < -0.39 is 0 Å². The quantitative estimate of drug-likeness (QED) is 0.787. The Hall–Kier alpha value is -1.36. The summed E-state index contributed by atoms with van der Waals surface area (Å²) in [7, 11) is 0. The van der Waals surface area contributed by atoms with Crippen LogP contribution in [0.2, 0.25) is 0 Å². The molecule has 1 saturated heterocycles. The van der Waals surface area contributed by atoms with Gasteiger partial charge >= 0.3 is 0 Å². The van der Waals surface area contributed by atoms with Gasteiger partial charge in [0.05, 0.1) is 11.6 Å². The smallest absolute Gasteiger partial charge is 0.234 e. The second kappa shape index (κ2) is 4.25. The molecule has 1 aliphatic heterocycles. The van der Waals surface area contributed by atoms with Gasteiger partial charge in [-0.2, -0.15) is 0 Å². The van der Waals surface area contributed by atoms with Crippen LogP contribution < -0.4 is 10.6 Å². The third-order valence-corrected chi connectivity index (χ3v) is 3.25. The van der Waals surface area contributed by atoms with Gasteiger partial charge in [-0.1, -0.05) is 12.1 Å². The minimum absolute atomic E-state index is 0.0109. The summed E-state index contributed by atoms with van der Waals surface area (Å²) in [5.41, 5.74) is 1.71. The fourth-order valence-corrected chi connectivity index (χ4v) is 1.90. The van der Waals surface area contributed by atoms with Crippen LogP contribution in [0.3, 0.4) is 0 Å². The first-order valence-corrected chi connectivity index (χ1v) is 5.54. The maximum atomic E-state index is 11.9. The number of nitrogens with zero attached hydrogens (tertiary/aromatic N) is 1. The Balaban J connectivity index is 2.05. The van der Waals surface area contributed by atoms with Gasteiger partial charge in [-0.15, -0.1) is 0 Å². The lowest BCUT2D eigenvalue weighted by atomic mass is 9.97. The predicted molar refractivity (Wildman–Crippen MR) is 60.1 cm³/mol. The number of aromatic nitrogens is 1. The Kier molecular flexibility index (Phi) is 2.96. The van der Waals surface area contributed by atoms with Crippen molar-refractivity contribution in [2.24, 2.45) is 11.8 Å². The van der Waals surface area contributed by atoms with Crippen LogP contribution in [-0.2, 0) is 4.79 Å². The number of amides is 1. The molecule has 1 fully saturated rings. The Bertz CT molecular complexity index is 400. The molecule has 0 unspecified atom stereocenters. The summed E-state index contributed by atoms with van der Waals surface area (Å²) in [6.45, 7) is 7.44. The van der Waals surface area contributed by atoms with E-state index in [1.54, 1.807) is 0 Å². The average Bonchev–Trinajstić information content (AvgIpc) is 2.79. The van der Waals surface area contributed by atoms with Crippen molar-refractivity contribution >= 4 is 11.8 Å². The van der Waals surface area contributed by atoms with Crippen LogP contribution in [0.25, 0.3) is 0 Å². The van der Waals surface area contributed by atoms with Crippen molar-refractivity contribution in [1.82, 2.24) is 10.5 Å². The molecule has 2 N–H and O–H groups in total. The van der Waals surface area contributed by atoms with Crippen LogP contribution in [0.4, 0.5) is 5.88 Å². The van der Waals surface area contributed by atoms with Gasteiger partial charge in [0.2, 0.25) is 11.8 Å². The molecule has 0 bridgehead atoms. The number of hydrogen-bond donors (Lipinski definition) is 2. The Morgan fingerprint density at radius 3 is 2.75 bits per heavy atom. The minimum Gasteiger partial charge on any atom is -0.338 e. The first-order chi connectivity index (χ1) is 7.59. The number of anilines is 1. The van der Waals surface area contributed by atoms with Crippen molar-refractivity contribution in [2.75, 3.05) is 18.4 Å². The third kappa shape index (κ3) is 1.95. The van der Waals surface area contributed by atoms with Crippen molar-refractivity contribution in [1.29, 1.82) is 0 Å². The van der Waals surface area contributed by atoms with Gasteiger partial charge in [-0.05, 0) is 26.3 Å². The standard InChI is InChI=1S/C11H17N3O2/c1-6-4-12-5-9(6)10(15)13-11-7(2)8(3)14-16-11/h6,9,12H,4-5H2,1-3H3,(H,13,15)/t6-,9-/m1/s1. The lowest BCUT2D eigenvalue weighted by Crippen LogP contribution is -2.27. The number of rotatable bonds is 2. The highest BCUT2D eigenvalue weighted by Crippen LogP contribution is 2.21. The summed E-state index contributed by atoms with van der Waals surface area (Å²) in [5, 5.41) is 9.81. The van der Waals surface area contributed by atoms with E-state index in [2.05, 4.69) is 22.7 Å². The summed E-state index contributed by atoms with van der Waals surface area (Å²) in [6.07, 6.45) is 0. The van der Waals surface area contributed by atoms with E-state index in [9.17, 15) is 4.79 Å². The summed E-state index contributed by atoms with van der Waals surface area (Å²) < 4.78 is 5.06. The summed E-state index contributed by atoms with van der Waals surface area (Å²) in [4.78, 5) is 11.9. The molecule has 2 atom stereocenters. The minimum atomic E-state index is 0.0109. The topological polar surface area (TPSA) is 67.2 Å². The molecule has 0 aliphatic carbocycles. The molecular formula is C11H17N3O2. The van der Waals surface area contributed by atoms with E-state index in [0.29, 0.717) is 11.8 Å². The van der Waals surface area contributed by atoms with Gasteiger partial charge in [-0.3, -0.25) is 10.1 Å². The van der Waals surface area contributed by atoms with Crippen LogP contribution >= 0.6 is 0 Å². The average molecular weight is 223 g/mol. The molecule has 2 heterocycles. The number of carbonyl (C=O) groups excluding carboxylic acids is 1. The molecule has 0 saturated carbocycles. The lowest BCUT2D eigenvalue weighted by Gasteiger charge is -2.12. The van der Waals surface area contributed by atoms with E-state index in [4.69, 9.17) is 4.52 Å². The molecule has 16 heavy (non-hydrogen) atoms. The highest BCUT2D eigenvalue weighted by Gasteiger charge is 2.30. The van der Waals surface area contributed by atoms with E-state index in [1.807, 2.05) is 13.8 Å². The van der Waals surface area contributed by atoms with Crippen molar-refractivity contribution in [3.8, 4) is 0 Å². The summed E-state index contributed by atoms with van der Waals surface area (Å²) in [6, 6.07) is 0. The monoisotopic (exact) mass is 223 g/mol. The normalized spacial score (nSPS) is 24.7. The molecule has 1 aliphatic rings. The van der Waals surface area contributed by atoms with Gasteiger partial charge in [0, 0.05) is 12.1 Å². The van der Waals surface area contributed by atoms with Crippen LogP contribution in [0.5, 0.6) is 0 Å². The molecule has 88 valence electrons. The molecule has 1 aromatic heterocycles. The zero-order chi connectivity index (χ0) is 11.7. The van der Waals surface area contributed by atoms with Crippen LogP contribution in [0.15, 0.2) is 4.52 Å². The summed E-state index contributed by atoms with van der Waals surface area (Å²) in [5.74, 6) is 0.868. The Morgan fingerprint density at radius 2 is 2.25 bits per heavy atom. The zero-order valence-corrected chi connectivity index (χ0v) is 9.83. The number of carbonyl (C=O) groups is 1. The second-order valence-corrected chi connectivity index (χ2v) is 4.45. The summed E-state index contributed by atoms with van der Waals surface area (Å²) >= 11 is 0. The zero-order valence-electron chi connectivity index (χ0n) is 9.83. The Labute approximate surface area is 94.6 Å². The number of nitrogens with one attached hydrogen (secondary N) is 2. The molecule has 5 nitrogen and oxygen atoms in total. The molecule has 0 spiro atoms. The Morgan fingerprint density at radius 1 is 1.50 bits per heavy atom.